The quantitative estimate of drug-likeness (QED) is 0.765. The van der Waals surface area contributed by atoms with E-state index in [-0.39, 0.29) is 6.04 Å². The Morgan fingerprint density at radius 2 is 1.88 bits per heavy atom. The fourth-order valence-corrected chi connectivity index (χ4v) is 5.07. The van der Waals surface area contributed by atoms with Gasteiger partial charge in [0.25, 0.3) is 0 Å². The van der Waals surface area contributed by atoms with E-state index in [0.29, 0.717) is 5.92 Å². The van der Waals surface area contributed by atoms with Crippen molar-refractivity contribution in [3.63, 3.8) is 0 Å². The van der Waals surface area contributed by atoms with Crippen LogP contribution in [-0.4, -0.2) is 0 Å². The molecule has 3 heteroatoms. The van der Waals surface area contributed by atoms with Crippen LogP contribution in [0.1, 0.15) is 49.4 Å². The lowest BCUT2D eigenvalue weighted by atomic mass is 9.91. The Kier molecular flexibility index (Phi) is 3.50. The topological polar surface area (TPSA) is 26.0 Å². The summed E-state index contributed by atoms with van der Waals surface area (Å²) in [4.78, 5) is 1.40. The van der Waals surface area contributed by atoms with Gasteiger partial charge in [-0.05, 0) is 36.3 Å². The Bertz CT molecular complexity index is 449. The van der Waals surface area contributed by atoms with Crippen molar-refractivity contribution < 1.29 is 0 Å². The monoisotopic (exact) mass is 265 g/mol. The van der Waals surface area contributed by atoms with Crippen molar-refractivity contribution in [1.29, 1.82) is 0 Å². The molecule has 1 fully saturated rings. The van der Waals surface area contributed by atoms with Crippen molar-refractivity contribution in [3.8, 4) is 0 Å². The SMILES string of the molecule is NC(c1cc2sccc2s1)C1CCCCCC1. The van der Waals surface area contributed by atoms with E-state index in [2.05, 4.69) is 17.5 Å². The minimum absolute atomic E-state index is 0.276. The predicted octanol–water partition coefficient (Wildman–Crippen LogP) is 4.93. The van der Waals surface area contributed by atoms with Gasteiger partial charge in [-0.25, -0.2) is 0 Å². The Morgan fingerprint density at radius 1 is 1.12 bits per heavy atom. The summed E-state index contributed by atoms with van der Waals surface area (Å²) in [5.41, 5.74) is 6.48. The molecule has 0 aromatic carbocycles. The van der Waals surface area contributed by atoms with Gasteiger partial charge in [0, 0.05) is 20.3 Å². The van der Waals surface area contributed by atoms with Gasteiger partial charge < -0.3 is 5.73 Å². The number of fused-ring (bicyclic) bond motifs is 1. The fraction of sp³-hybridized carbons (Fsp3) is 0.571. The fourth-order valence-electron chi connectivity index (χ4n) is 2.85. The molecule has 1 saturated carbocycles. The molecule has 3 rings (SSSR count). The van der Waals surface area contributed by atoms with E-state index in [4.69, 9.17) is 5.73 Å². The summed E-state index contributed by atoms with van der Waals surface area (Å²) in [6.45, 7) is 0. The molecule has 0 saturated heterocycles. The first-order valence-corrected chi connectivity index (χ1v) is 8.27. The molecular formula is C14H19NS2. The van der Waals surface area contributed by atoms with E-state index in [1.807, 2.05) is 22.7 Å². The molecule has 1 aliphatic rings. The van der Waals surface area contributed by atoms with Crippen LogP contribution in [-0.2, 0) is 0 Å². The maximum Gasteiger partial charge on any atom is 0.0454 e. The molecule has 0 radical (unpaired) electrons. The summed E-state index contributed by atoms with van der Waals surface area (Å²) < 4.78 is 2.82. The first kappa shape index (κ1) is 11.7. The molecule has 1 atom stereocenters. The van der Waals surface area contributed by atoms with E-state index in [1.54, 1.807) is 0 Å². The van der Waals surface area contributed by atoms with E-state index in [9.17, 15) is 0 Å². The number of nitrogens with two attached hydrogens (primary N) is 1. The molecule has 17 heavy (non-hydrogen) atoms. The maximum atomic E-state index is 6.48. The van der Waals surface area contributed by atoms with Crippen molar-refractivity contribution in [2.45, 2.75) is 44.6 Å². The molecule has 0 bridgehead atoms. The van der Waals surface area contributed by atoms with Gasteiger partial charge in [0.15, 0.2) is 0 Å². The minimum atomic E-state index is 0.276. The second-order valence-corrected chi connectivity index (χ2v) is 7.14. The van der Waals surface area contributed by atoms with Crippen LogP contribution in [0.15, 0.2) is 17.5 Å². The van der Waals surface area contributed by atoms with Gasteiger partial charge in [-0.15, -0.1) is 22.7 Å². The number of rotatable bonds is 2. The highest BCUT2D eigenvalue weighted by atomic mass is 32.1. The first-order chi connectivity index (χ1) is 8.34. The smallest absolute Gasteiger partial charge is 0.0454 e. The minimum Gasteiger partial charge on any atom is -0.323 e. The molecular weight excluding hydrogens is 246 g/mol. The largest absolute Gasteiger partial charge is 0.323 e. The van der Waals surface area contributed by atoms with Crippen molar-refractivity contribution in [1.82, 2.24) is 0 Å². The van der Waals surface area contributed by atoms with E-state index >= 15 is 0 Å². The Balaban J connectivity index is 1.80. The van der Waals surface area contributed by atoms with Crippen LogP contribution >= 0.6 is 22.7 Å². The highest BCUT2D eigenvalue weighted by Crippen LogP contribution is 2.38. The average molecular weight is 265 g/mol. The molecule has 1 unspecified atom stereocenters. The lowest BCUT2D eigenvalue weighted by Crippen LogP contribution is -2.19. The third-order valence-electron chi connectivity index (χ3n) is 3.89. The summed E-state index contributed by atoms with van der Waals surface area (Å²) in [5.74, 6) is 0.713. The van der Waals surface area contributed by atoms with Crippen molar-refractivity contribution in [2.75, 3.05) is 0 Å². The van der Waals surface area contributed by atoms with Gasteiger partial charge in [0.2, 0.25) is 0 Å². The molecule has 0 aliphatic heterocycles. The second kappa shape index (κ2) is 5.09. The molecule has 2 aromatic rings. The van der Waals surface area contributed by atoms with Crippen molar-refractivity contribution in [3.05, 3.63) is 22.4 Å². The van der Waals surface area contributed by atoms with Gasteiger partial charge in [-0.3, -0.25) is 0 Å². The van der Waals surface area contributed by atoms with Crippen LogP contribution in [0.3, 0.4) is 0 Å². The molecule has 1 nitrogen and oxygen atoms in total. The van der Waals surface area contributed by atoms with Crippen molar-refractivity contribution >= 4 is 32.1 Å². The lowest BCUT2D eigenvalue weighted by Gasteiger charge is -2.21. The van der Waals surface area contributed by atoms with Crippen LogP contribution in [0.5, 0.6) is 0 Å². The number of hydrogen-bond acceptors (Lipinski definition) is 3. The van der Waals surface area contributed by atoms with E-state index in [0.717, 1.165) is 0 Å². The summed E-state index contributed by atoms with van der Waals surface area (Å²) in [6, 6.07) is 4.81. The maximum absolute atomic E-state index is 6.48. The number of thiophene rings is 2. The van der Waals surface area contributed by atoms with E-state index in [1.165, 1.54) is 52.8 Å². The third-order valence-corrected chi connectivity index (χ3v) is 6.09. The van der Waals surface area contributed by atoms with Crippen LogP contribution in [0, 0.1) is 5.92 Å². The Morgan fingerprint density at radius 3 is 2.59 bits per heavy atom. The molecule has 2 heterocycles. The van der Waals surface area contributed by atoms with Crippen LogP contribution in [0.2, 0.25) is 0 Å². The van der Waals surface area contributed by atoms with Crippen LogP contribution < -0.4 is 5.73 Å². The van der Waals surface area contributed by atoms with Crippen LogP contribution in [0.25, 0.3) is 9.40 Å². The zero-order valence-corrected chi connectivity index (χ0v) is 11.7. The highest BCUT2D eigenvalue weighted by molar-refractivity contribution is 7.26. The summed E-state index contributed by atoms with van der Waals surface area (Å²) in [7, 11) is 0. The van der Waals surface area contributed by atoms with Gasteiger partial charge in [-0.1, -0.05) is 25.7 Å². The normalized spacial score (nSPS) is 20.5. The Hall–Kier alpha value is -0.380. The van der Waals surface area contributed by atoms with Gasteiger partial charge in [0.05, 0.1) is 0 Å². The van der Waals surface area contributed by atoms with Crippen LogP contribution in [0.4, 0.5) is 0 Å². The molecule has 0 spiro atoms. The van der Waals surface area contributed by atoms with Gasteiger partial charge in [0.1, 0.15) is 0 Å². The molecule has 92 valence electrons. The van der Waals surface area contributed by atoms with Gasteiger partial charge >= 0.3 is 0 Å². The summed E-state index contributed by atoms with van der Waals surface area (Å²) in [5, 5.41) is 2.17. The zero-order valence-electron chi connectivity index (χ0n) is 10.0. The predicted molar refractivity (Wildman–Crippen MR) is 77.8 cm³/mol. The first-order valence-electron chi connectivity index (χ1n) is 6.57. The Labute approximate surface area is 111 Å². The summed E-state index contributed by atoms with van der Waals surface area (Å²) in [6.07, 6.45) is 8.21. The van der Waals surface area contributed by atoms with Crippen molar-refractivity contribution in [2.24, 2.45) is 11.7 Å². The average Bonchev–Trinajstić information content (AvgIpc) is 2.80. The summed E-state index contributed by atoms with van der Waals surface area (Å²) >= 11 is 3.73. The molecule has 0 amide bonds. The number of hydrogen-bond donors (Lipinski definition) is 1. The highest BCUT2D eigenvalue weighted by Gasteiger charge is 2.22. The second-order valence-electron chi connectivity index (χ2n) is 5.08. The molecule has 2 aromatic heterocycles. The molecule has 2 N–H and O–H groups in total. The van der Waals surface area contributed by atoms with E-state index < -0.39 is 0 Å². The lowest BCUT2D eigenvalue weighted by molar-refractivity contribution is 0.386. The zero-order chi connectivity index (χ0) is 11.7. The van der Waals surface area contributed by atoms with Gasteiger partial charge in [-0.2, -0.15) is 0 Å². The molecule has 1 aliphatic carbocycles. The standard InChI is InChI=1S/C14H19NS2/c15-14(10-5-3-1-2-4-6-10)13-9-12-11(17-13)7-8-16-12/h7-10,14H,1-6,15H2. The third kappa shape index (κ3) is 2.42.